The summed E-state index contributed by atoms with van der Waals surface area (Å²) < 4.78 is 0. The summed E-state index contributed by atoms with van der Waals surface area (Å²) in [7, 11) is 0. The van der Waals surface area contributed by atoms with E-state index in [1.165, 1.54) is 13.0 Å². The first-order valence-electron chi connectivity index (χ1n) is 6.15. The van der Waals surface area contributed by atoms with E-state index in [0.29, 0.717) is 16.5 Å². The van der Waals surface area contributed by atoms with Crippen molar-refractivity contribution in [2.24, 2.45) is 0 Å². The number of carboxylic acids is 1. The number of benzene rings is 1. The molecule has 21 heavy (non-hydrogen) atoms. The molecule has 0 saturated carbocycles. The number of carbonyl (C=O) groups is 2. The number of carboxylic acid groups (broad SMARTS) is 1. The van der Waals surface area contributed by atoms with E-state index in [-0.39, 0.29) is 17.3 Å². The van der Waals surface area contributed by atoms with Gasteiger partial charge in [0.1, 0.15) is 6.04 Å². The standard InChI is InChI=1S/C13H14N3O5/c1-7(17)15-10(13(18)19)5-8-6-14-9-3-2-4-11(12(8)9)16(20)21/h2-4,6,10,14,20H,5H2,1H3,(H,15,17)(H,18,19)/q-1. The Morgan fingerprint density at radius 2 is 2.19 bits per heavy atom. The molecule has 4 N–H and O–H groups in total. The highest BCUT2D eigenvalue weighted by Gasteiger charge is 2.21. The molecule has 1 atom stereocenters. The third-order valence-corrected chi connectivity index (χ3v) is 3.07. The number of aliphatic carboxylic acids is 1. The van der Waals surface area contributed by atoms with E-state index in [0.717, 1.165) is 0 Å². The SMILES string of the molecule is CC(=O)NC(Cc1c[nH]c2cccc(N([O-])O)c12)C(=O)O. The van der Waals surface area contributed by atoms with Gasteiger partial charge in [-0.1, -0.05) is 6.07 Å². The average molecular weight is 292 g/mol. The first-order valence-corrected chi connectivity index (χ1v) is 6.15. The van der Waals surface area contributed by atoms with Gasteiger partial charge < -0.3 is 25.8 Å². The van der Waals surface area contributed by atoms with Crippen molar-refractivity contribution in [2.75, 3.05) is 5.23 Å². The zero-order valence-electron chi connectivity index (χ0n) is 11.2. The molecule has 0 aliphatic carbocycles. The Hall–Kier alpha value is -2.58. The highest BCUT2D eigenvalue weighted by molar-refractivity contribution is 5.95. The molecule has 8 heteroatoms. The second-order valence-electron chi connectivity index (χ2n) is 4.58. The molecule has 112 valence electrons. The lowest BCUT2D eigenvalue weighted by molar-refractivity contribution is -0.141. The lowest BCUT2D eigenvalue weighted by Crippen LogP contribution is -2.41. The number of hydrogen-bond donors (Lipinski definition) is 4. The van der Waals surface area contributed by atoms with Crippen LogP contribution < -0.4 is 10.5 Å². The predicted octanol–water partition coefficient (Wildman–Crippen LogP) is 0.993. The minimum Gasteiger partial charge on any atom is -0.733 e. The highest BCUT2D eigenvalue weighted by atomic mass is 16.8. The van der Waals surface area contributed by atoms with E-state index in [2.05, 4.69) is 10.3 Å². The number of nitrogens with zero attached hydrogens (tertiary/aromatic N) is 1. The molecule has 1 heterocycles. The largest absolute Gasteiger partial charge is 0.733 e. The Morgan fingerprint density at radius 1 is 1.48 bits per heavy atom. The zero-order valence-corrected chi connectivity index (χ0v) is 11.2. The van der Waals surface area contributed by atoms with Crippen molar-refractivity contribution in [3.05, 3.63) is 35.2 Å². The molecular weight excluding hydrogens is 278 g/mol. The van der Waals surface area contributed by atoms with Gasteiger partial charge in [-0.3, -0.25) is 10.0 Å². The average Bonchev–Trinajstić information content (AvgIpc) is 2.80. The summed E-state index contributed by atoms with van der Waals surface area (Å²) in [6, 6.07) is 3.58. The number of rotatable bonds is 5. The number of amides is 1. The monoisotopic (exact) mass is 292 g/mol. The van der Waals surface area contributed by atoms with Crippen LogP contribution in [0.25, 0.3) is 10.9 Å². The second-order valence-corrected chi connectivity index (χ2v) is 4.58. The maximum absolute atomic E-state index is 11.2. The topological polar surface area (TPSA) is 129 Å². The first kappa shape index (κ1) is 14.8. The Balaban J connectivity index is 2.42. The van der Waals surface area contributed by atoms with Crippen molar-refractivity contribution >= 4 is 28.5 Å². The number of carbonyl (C=O) groups excluding carboxylic acids is 1. The van der Waals surface area contributed by atoms with E-state index in [1.54, 1.807) is 18.3 Å². The molecule has 8 nitrogen and oxygen atoms in total. The predicted molar refractivity (Wildman–Crippen MR) is 74.9 cm³/mol. The number of nitrogens with one attached hydrogen (secondary N) is 2. The Bertz CT molecular complexity index is 679. The van der Waals surface area contributed by atoms with Gasteiger partial charge in [0.2, 0.25) is 5.91 Å². The number of hydrogen-bond acceptors (Lipinski definition) is 5. The minimum absolute atomic E-state index is 0.00992. The third kappa shape index (κ3) is 3.12. The summed E-state index contributed by atoms with van der Waals surface area (Å²) in [5, 5.41) is 31.9. The maximum Gasteiger partial charge on any atom is 0.326 e. The van der Waals surface area contributed by atoms with Crippen LogP contribution in [0.15, 0.2) is 24.4 Å². The summed E-state index contributed by atoms with van der Waals surface area (Å²) in [6.45, 7) is 1.23. The molecule has 0 bridgehead atoms. The van der Waals surface area contributed by atoms with Gasteiger partial charge in [-0.05, 0) is 17.7 Å². The van der Waals surface area contributed by atoms with E-state index in [1.807, 2.05) is 0 Å². The summed E-state index contributed by atoms with van der Waals surface area (Å²) in [4.78, 5) is 25.1. The Kier molecular flexibility index (Phi) is 4.10. The van der Waals surface area contributed by atoms with Crippen LogP contribution in [0.3, 0.4) is 0 Å². The fourth-order valence-corrected chi connectivity index (χ4v) is 2.22. The molecule has 0 fully saturated rings. The van der Waals surface area contributed by atoms with Crippen molar-refractivity contribution < 1.29 is 19.9 Å². The summed E-state index contributed by atoms with van der Waals surface area (Å²) in [6.07, 6.45) is 1.54. The van der Waals surface area contributed by atoms with Crippen LogP contribution in [0.1, 0.15) is 12.5 Å². The number of aromatic amines is 1. The van der Waals surface area contributed by atoms with Gasteiger partial charge in [0.15, 0.2) is 0 Å². The molecule has 1 unspecified atom stereocenters. The van der Waals surface area contributed by atoms with Crippen LogP contribution in [0.2, 0.25) is 0 Å². The molecule has 0 spiro atoms. The summed E-state index contributed by atoms with van der Waals surface area (Å²) in [5.41, 5.74) is 1.11. The molecular formula is C13H14N3O5-. The number of anilines is 1. The van der Waals surface area contributed by atoms with Crippen LogP contribution in [-0.4, -0.2) is 33.2 Å². The van der Waals surface area contributed by atoms with Crippen molar-refractivity contribution in [2.45, 2.75) is 19.4 Å². The fourth-order valence-electron chi connectivity index (χ4n) is 2.22. The fraction of sp³-hybridized carbons (Fsp3) is 0.231. The lowest BCUT2D eigenvalue weighted by atomic mass is 10.0. The molecule has 0 radical (unpaired) electrons. The summed E-state index contributed by atoms with van der Waals surface area (Å²) in [5.74, 6) is -1.64. The second kappa shape index (κ2) is 5.81. The molecule has 0 saturated heterocycles. The van der Waals surface area contributed by atoms with Crippen LogP contribution >= 0.6 is 0 Å². The molecule has 1 aromatic carbocycles. The van der Waals surface area contributed by atoms with Crippen LogP contribution in [0.4, 0.5) is 5.69 Å². The highest BCUT2D eigenvalue weighted by Crippen LogP contribution is 2.29. The minimum atomic E-state index is -1.18. The van der Waals surface area contributed by atoms with E-state index < -0.39 is 17.9 Å². The van der Waals surface area contributed by atoms with E-state index in [4.69, 9.17) is 10.3 Å². The van der Waals surface area contributed by atoms with Gasteiger partial charge in [-0.25, -0.2) is 4.79 Å². The normalized spacial score (nSPS) is 12.1. The first-order chi connectivity index (χ1) is 9.90. The van der Waals surface area contributed by atoms with Gasteiger partial charge in [0, 0.05) is 30.4 Å². The molecule has 0 aliphatic rings. The van der Waals surface area contributed by atoms with Crippen molar-refractivity contribution in [1.29, 1.82) is 0 Å². The number of fused-ring (bicyclic) bond motifs is 1. The molecule has 1 amide bonds. The number of H-pyrrole nitrogens is 1. The van der Waals surface area contributed by atoms with Crippen LogP contribution in [0.5, 0.6) is 0 Å². The summed E-state index contributed by atoms with van der Waals surface area (Å²) >= 11 is 0. The number of aromatic nitrogens is 1. The van der Waals surface area contributed by atoms with Gasteiger partial charge >= 0.3 is 5.97 Å². The van der Waals surface area contributed by atoms with Crippen LogP contribution in [0, 0.1) is 5.21 Å². The Labute approximate surface area is 119 Å². The van der Waals surface area contributed by atoms with Gasteiger partial charge in [-0.15, -0.1) is 0 Å². The smallest absolute Gasteiger partial charge is 0.326 e. The lowest BCUT2D eigenvalue weighted by Gasteiger charge is -2.23. The van der Waals surface area contributed by atoms with Crippen molar-refractivity contribution in [3.8, 4) is 0 Å². The Morgan fingerprint density at radius 3 is 2.76 bits per heavy atom. The van der Waals surface area contributed by atoms with Crippen molar-refractivity contribution in [3.63, 3.8) is 0 Å². The molecule has 2 aromatic rings. The molecule has 0 aliphatic heterocycles. The molecule has 1 aromatic heterocycles. The van der Waals surface area contributed by atoms with Gasteiger partial charge in [0.25, 0.3) is 0 Å². The molecule has 2 rings (SSSR count). The maximum atomic E-state index is 11.2. The van der Waals surface area contributed by atoms with Crippen LogP contribution in [-0.2, 0) is 16.0 Å². The van der Waals surface area contributed by atoms with Gasteiger partial charge in [-0.2, -0.15) is 0 Å². The van der Waals surface area contributed by atoms with E-state index in [9.17, 15) is 14.8 Å². The van der Waals surface area contributed by atoms with E-state index >= 15 is 0 Å². The van der Waals surface area contributed by atoms with Gasteiger partial charge in [0.05, 0.1) is 5.69 Å². The van der Waals surface area contributed by atoms with Crippen molar-refractivity contribution in [1.82, 2.24) is 10.3 Å². The zero-order chi connectivity index (χ0) is 15.6. The third-order valence-electron chi connectivity index (χ3n) is 3.07. The quantitative estimate of drug-likeness (QED) is 0.608.